The molecule has 2 heteroatoms. The van der Waals surface area contributed by atoms with Gasteiger partial charge >= 0.3 is 0 Å². The second-order valence-electron chi connectivity index (χ2n) is 5.23. The van der Waals surface area contributed by atoms with E-state index in [1.54, 1.807) is 0 Å². The topological polar surface area (TPSA) is 6.48 Å². The molecule has 19 heavy (non-hydrogen) atoms. The largest absolute Gasteiger partial charge is 0.303 e. The highest BCUT2D eigenvalue weighted by atomic mass is 15.2. The lowest BCUT2D eigenvalue weighted by Gasteiger charge is -2.27. The van der Waals surface area contributed by atoms with E-state index >= 15 is 0 Å². The minimum absolute atomic E-state index is 0.609. The average Bonchev–Trinajstić information content (AvgIpc) is 2.47. The summed E-state index contributed by atoms with van der Waals surface area (Å²) in [6.07, 6.45) is 0. The van der Waals surface area contributed by atoms with Crippen molar-refractivity contribution < 1.29 is 0 Å². The van der Waals surface area contributed by atoms with Crippen LogP contribution < -0.4 is 0 Å². The fraction of sp³-hybridized carbons (Fsp3) is 0.647. The molecule has 0 heterocycles. The van der Waals surface area contributed by atoms with Crippen molar-refractivity contribution in [2.75, 3.05) is 39.3 Å². The summed E-state index contributed by atoms with van der Waals surface area (Å²) in [6.45, 7) is 16.0. The molecular weight excluding hydrogens is 232 g/mol. The number of hydrogen-bond donors (Lipinski definition) is 0. The third-order valence-corrected chi connectivity index (χ3v) is 3.97. The van der Waals surface area contributed by atoms with Gasteiger partial charge in [0.2, 0.25) is 0 Å². The Kier molecular flexibility index (Phi) is 7.76. The van der Waals surface area contributed by atoms with Gasteiger partial charge in [-0.1, -0.05) is 58.0 Å². The molecule has 108 valence electrons. The maximum Gasteiger partial charge on any atom is 0.0109 e. The molecule has 2 nitrogen and oxygen atoms in total. The molecular formula is C17H30N2. The van der Waals surface area contributed by atoms with Crippen molar-refractivity contribution in [3.05, 3.63) is 35.9 Å². The number of rotatable bonds is 9. The first-order valence-corrected chi connectivity index (χ1v) is 7.70. The van der Waals surface area contributed by atoms with Crippen LogP contribution in [0.1, 0.15) is 39.2 Å². The summed E-state index contributed by atoms with van der Waals surface area (Å²) in [7, 11) is 0. The summed E-state index contributed by atoms with van der Waals surface area (Å²) in [5, 5.41) is 0. The van der Waals surface area contributed by atoms with E-state index in [0.29, 0.717) is 5.92 Å². The first-order valence-electron chi connectivity index (χ1n) is 7.70. The number of benzene rings is 1. The summed E-state index contributed by atoms with van der Waals surface area (Å²) in [5.41, 5.74) is 1.45. The van der Waals surface area contributed by atoms with Gasteiger partial charge in [0.15, 0.2) is 0 Å². The van der Waals surface area contributed by atoms with Crippen LogP contribution in [0.15, 0.2) is 30.3 Å². The summed E-state index contributed by atoms with van der Waals surface area (Å²) in [6, 6.07) is 10.8. The Balaban J connectivity index is 2.43. The highest BCUT2D eigenvalue weighted by Gasteiger charge is 2.11. The third kappa shape index (κ3) is 5.75. The standard InChI is InChI=1S/C17H30N2/c1-5-18(6-2)13-14-19(7-3)15-16(4)17-11-9-8-10-12-17/h8-12,16H,5-7,13-15H2,1-4H3. The van der Waals surface area contributed by atoms with Gasteiger partial charge in [-0.3, -0.25) is 0 Å². The molecule has 0 amide bonds. The van der Waals surface area contributed by atoms with Crippen LogP contribution in [0.3, 0.4) is 0 Å². The molecule has 1 atom stereocenters. The van der Waals surface area contributed by atoms with E-state index in [1.165, 1.54) is 18.7 Å². The first kappa shape index (κ1) is 16.2. The van der Waals surface area contributed by atoms with E-state index in [4.69, 9.17) is 0 Å². The zero-order valence-corrected chi connectivity index (χ0v) is 13.1. The molecule has 0 N–H and O–H groups in total. The van der Waals surface area contributed by atoms with Gasteiger partial charge < -0.3 is 9.80 Å². The maximum atomic E-state index is 2.57. The normalized spacial score (nSPS) is 13.2. The third-order valence-electron chi connectivity index (χ3n) is 3.97. The molecule has 0 spiro atoms. The summed E-state index contributed by atoms with van der Waals surface area (Å²) >= 11 is 0. The van der Waals surface area contributed by atoms with E-state index in [0.717, 1.165) is 26.2 Å². The number of nitrogens with zero attached hydrogens (tertiary/aromatic N) is 2. The predicted octanol–water partition coefficient (Wildman–Crippen LogP) is 3.45. The Hall–Kier alpha value is -0.860. The van der Waals surface area contributed by atoms with Crippen LogP contribution in [0.25, 0.3) is 0 Å². The Morgan fingerprint density at radius 1 is 0.842 bits per heavy atom. The lowest BCUT2D eigenvalue weighted by Crippen LogP contribution is -2.36. The summed E-state index contributed by atoms with van der Waals surface area (Å²) < 4.78 is 0. The SMILES string of the molecule is CCN(CC)CCN(CC)CC(C)c1ccccc1. The maximum absolute atomic E-state index is 2.57. The molecule has 0 saturated heterocycles. The molecule has 0 aromatic heterocycles. The van der Waals surface area contributed by atoms with Crippen molar-refractivity contribution in [1.29, 1.82) is 0 Å². The molecule has 0 saturated carbocycles. The Bertz CT molecular complexity index is 319. The average molecular weight is 262 g/mol. The van der Waals surface area contributed by atoms with Crippen molar-refractivity contribution in [3.63, 3.8) is 0 Å². The van der Waals surface area contributed by atoms with Gasteiger partial charge in [-0.2, -0.15) is 0 Å². The zero-order chi connectivity index (χ0) is 14.1. The molecule has 0 bridgehead atoms. The van der Waals surface area contributed by atoms with Crippen molar-refractivity contribution in [2.24, 2.45) is 0 Å². The molecule has 1 aromatic carbocycles. The zero-order valence-electron chi connectivity index (χ0n) is 13.1. The smallest absolute Gasteiger partial charge is 0.0109 e. The van der Waals surface area contributed by atoms with E-state index in [1.807, 2.05) is 0 Å². The van der Waals surface area contributed by atoms with Crippen LogP contribution in [0, 0.1) is 0 Å². The quantitative estimate of drug-likeness (QED) is 0.672. The molecule has 1 aromatic rings. The minimum Gasteiger partial charge on any atom is -0.303 e. The van der Waals surface area contributed by atoms with Crippen LogP contribution in [0.5, 0.6) is 0 Å². The van der Waals surface area contributed by atoms with E-state index in [9.17, 15) is 0 Å². The van der Waals surface area contributed by atoms with Gasteiger partial charge in [-0.25, -0.2) is 0 Å². The monoisotopic (exact) mass is 262 g/mol. The van der Waals surface area contributed by atoms with Crippen LogP contribution >= 0.6 is 0 Å². The first-order chi connectivity index (χ1) is 9.21. The lowest BCUT2D eigenvalue weighted by atomic mass is 10.0. The Morgan fingerprint density at radius 3 is 1.89 bits per heavy atom. The van der Waals surface area contributed by atoms with Crippen molar-refractivity contribution in [2.45, 2.75) is 33.6 Å². The van der Waals surface area contributed by atoms with Crippen LogP contribution in [-0.4, -0.2) is 49.1 Å². The number of hydrogen-bond acceptors (Lipinski definition) is 2. The van der Waals surface area contributed by atoms with Crippen molar-refractivity contribution in [1.82, 2.24) is 9.80 Å². The molecule has 0 fully saturated rings. The highest BCUT2D eigenvalue weighted by molar-refractivity contribution is 5.18. The van der Waals surface area contributed by atoms with E-state index < -0.39 is 0 Å². The second kappa shape index (κ2) is 9.11. The molecule has 1 unspecified atom stereocenters. The molecule has 1 rings (SSSR count). The molecule has 0 aliphatic carbocycles. The van der Waals surface area contributed by atoms with E-state index in [-0.39, 0.29) is 0 Å². The Labute approximate surface area is 119 Å². The van der Waals surface area contributed by atoms with Crippen LogP contribution in [0.2, 0.25) is 0 Å². The van der Waals surface area contributed by atoms with E-state index in [2.05, 4.69) is 67.8 Å². The summed E-state index contributed by atoms with van der Waals surface area (Å²) in [5.74, 6) is 0.609. The van der Waals surface area contributed by atoms with Crippen LogP contribution in [0.4, 0.5) is 0 Å². The highest BCUT2D eigenvalue weighted by Crippen LogP contribution is 2.15. The minimum atomic E-state index is 0.609. The fourth-order valence-electron chi connectivity index (χ4n) is 2.48. The van der Waals surface area contributed by atoms with Gasteiger partial charge in [0, 0.05) is 19.6 Å². The van der Waals surface area contributed by atoms with Gasteiger partial charge in [-0.15, -0.1) is 0 Å². The fourth-order valence-corrected chi connectivity index (χ4v) is 2.48. The summed E-state index contributed by atoms with van der Waals surface area (Å²) in [4.78, 5) is 5.06. The Morgan fingerprint density at radius 2 is 1.37 bits per heavy atom. The van der Waals surface area contributed by atoms with Crippen molar-refractivity contribution >= 4 is 0 Å². The van der Waals surface area contributed by atoms with Gasteiger partial charge in [0.05, 0.1) is 0 Å². The van der Waals surface area contributed by atoms with Gasteiger partial charge in [0.25, 0.3) is 0 Å². The second-order valence-corrected chi connectivity index (χ2v) is 5.23. The molecule has 0 aliphatic rings. The van der Waals surface area contributed by atoms with Crippen molar-refractivity contribution in [3.8, 4) is 0 Å². The van der Waals surface area contributed by atoms with Gasteiger partial charge in [-0.05, 0) is 31.1 Å². The molecule has 0 aliphatic heterocycles. The predicted molar refractivity (Wildman–Crippen MR) is 84.8 cm³/mol. The molecule has 0 radical (unpaired) electrons. The number of likely N-dealkylation sites (N-methyl/N-ethyl adjacent to an activating group) is 2. The van der Waals surface area contributed by atoms with Gasteiger partial charge in [0.1, 0.15) is 0 Å². The lowest BCUT2D eigenvalue weighted by molar-refractivity contribution is 0.214. The van der Waals surface area contributed by atoms with Crippen LogP contribution in [-0.2, 0) is 0 Å².